The summed E-state index contributed by atoms with van der Waals surface area (Å²) in [6.45, 7) is 6.01. The van der Waals surface area contributed by atoms with Crippen LogP contribution in [0.5, 0.6) is 0 Å². The van der Waals surface area contributed by atoms with E-state index in [9.17, 15) is 14.4 Å². The van der Waals surface area contributed by atoms with Crippen molar-refractivity contribution in [3.63, 3.8) is 0 Å². The van der Waals surface area contributed by atoms with Gasteiger partial charge in [0.2, 0.25) is 11.8 Å². The summed E-state index contributed by atoms with van der Waals surface area (Å²) in [6.07, 6.45) is 0. The van der Waals surface area contributed by atoms with E-state index in [-0.39, 0.29) is 34.6 Å². The predicted octanol–water partition coefficient (Wildman–Crippen LogP) is 3.92. The van der Waals surface area contributed by atoms with Gasteiger partial charge in [0.05, 0.1) is 22.9 Å². The number of aromatic nitrogens is 2. The number of benzene rings is 2. The molecule has 0 fully saturated rings. The fraction of sp³-hybridized carbons (Fsp3) is 0.292. The van der Waals surface area contributed by atoms with Crippen LogP contribution >= 0.6 is 11.8 Å². The Kier molecular flexibility index (Phi) is 7.58. The van der Waals surface area contributed by atoms with Gasteiger partial charge in [-0.25, -0.2) is 4.68 Å². The first-order chi connectivity index (χ1) is 15.3. The minimum absolute atomic E-state index is 0.0683. The Labute approximate surface area is 191 Å². The molecule has 0 atom stereocenters. The number of rotatable bonds is 8. The molecule has 8 heteroatoms. The van der Waals surface area contributed by atoms with Gasteiger partial charge >= 0.3 is 0 Å². The maximum atomic E-state index is 12.9. The number of amides is 2. The number of hydrogen-bond donors (Lipinski definition) is 2. The normalized spacial score (nSPS) is 10.9. The van der Waals surface area contributed by atoms with Gasteiger partial charge in [0.25, 0.3) is 5.56 Å². The fourth-order valence-electron chi connectivity index (χ4n) is 3.27. The van der Waals surface area contributed by atoms with Crippen LogP contribution in [-0.4, -0.2) is 32.7 Å². The molecule has 0 aliphatic carbocycles. The Morgan fingerprint density at radius 2 is 1.53 bits per heavy atom. The molecule has 0 radical (unpaired) electrons. The molecule has 0 aliphatic rings. The van der Waals surface area contributed by atoms with E-state index in [1.165, 1.54) is 22.0 Å². The molecule has 2 N–H and O–H groups in total. The average Bonchev–Trinajstić information content (AvgIpc) is 2.98. The third-order valence-corrected chi connectivity index (χ3v) is 6.08. The molecule has 0 aliphatic heterocycles. The first kappa shape index (κ1) is 23.4. The summed E-state index contributed by atoms with van der Waals surface area (Å²) in [5, 5.41) is 5.53. The van der Waals surface area contributed by atoms with Crippen molar-refractivity contribution in [3.05, 3.63) is 76.2 Å². The maximum absolute atomic E-state index is 12.9. The van der Waals surface area contributed by atoms with Crippen molar-refractivity contribution < 1.29 is 9.59 Å². The highest BCUT2D eigenvalue weighted by atomic mass is 32.2. The van der Waals surface area contributed by atoms with Gasteiger partial charge in [-0.1, -0.05) is 44.2 Å². The quantitative estimate of drug-likeness (QED) is 0.543. The van der Waals surface area contributed by atoms with Crippen LogP contribution in [0, 0.1) is 6.92 Å². The zero-order valence-corrected chi connectivity index (χ0v) is 19.5. The van der Waals surface area contributed by atoms with Crippen molar-refractivity contribution >= 4 is 35.0 Å². The topological polar surface area (TPSA) is 85.1 Å². The van der Waals surface area contributed by atoms with E-state index >= 15 is 0 Å². The Morgan fingerprint density at radius 1 is 0.938 bits per heavy atom. The van der Waals surface area contributed by atoms with Gasteiger partial charge in [0.15, 0.2) is 0 Å². The van der Waals surface area contributed by atoms with Gasteiger partial charge in [-0.15, -0.1) is 11.8 Å². The maximum Gasteiger partial charge on any atom is 0.295 e. The lowest BCUT2D eigenvalue weighted by Gasteiger charge is -2.08. The van der Waals surface area contributed by atoms with Crippen molar-refractivity contribution in [2.75, 3.05) is 22.1 Å². The summed E-state index contributed by atoms with van der Waals surface area (Å²) in [7, 11) is 1.77. The first-order valence-electron chi connectivity index (χ1n) is 10.4. The second-order valence-electron chi connectivity index (χ2n) is 7.80. The smallest absolute Gasteiger partial charge is 0.295 e. The zero-order valence-electron chi connectivity index (χ0n) is 18.7. The van der Waals surface area contributed by atoms with E-state index in [0.29, 0.717) is 11.6 Å². The lowest BCUT2D eigenvalue weighted by Crippen LogP contribution is -2.24. The van der Waals surface area contributed by atoms with Crippen molar-refractivity contribution in [2.24, 2.45) is 7.05 Å². The molecule has 0 unspecified atom stereocenters. The predicted molar refractivity (Wildman–Crippen MR) is 131 cm³/mol. The van der Waals surface area contributed by atoms with Crippen LogP contribution < -0.4 is 16.2 Å². The lowest BCUT2D eigenvalue weighted by molar-refractivity contribution is -0.114. The van der Waals surface area contributed by atoms with Gasteiger partial charge in [0.1, 0.15) is 5.69 Å². The Hall–Kier alpha value is -3.26. The molecule has 3 aromatic rings. The number of hydrogen-bond acceptors (Lipinski definition) is 4. The second kappa shape index (κ2) is 10.4. The molecule has 0 saturated carbocycles. The second-order valence-corrected chi connectivity index (χ2v) is 8.79. The number of carbonyl (C=O) groups excluding carboxylic acids is 2. The Morgan fingerprint density at radius 3 is 2.12 bits per heavy atom. The number of nitrogens with zero attached hydrogens (tertiary/aromatic N) is 2. The lowest BCUT2D eigenvalue weighted by atomic mass is 10.0. The summed E-state index contributed by atoms with van der Waals surface area (Å²) in [5.41, 5.74) is 3.26. The van der Waals surface area contributed by atoms with Gasteiger partial charge in [-0.05, 0) is 42.7 Å². The third-order valence-electron chi connectivity index (χ3n) is 5.15. The van der Waals surface area contributed by atoms with E-state index in [1.807, 2.05) is 54.6 Å². The number of anilines is 2. The van der Waals surface area contributed by atoms with Gasteiger partial charge in [-0.3, -0.25) is 19.1 Å². The van der Waals surface area contributed by atoms with Crippen molar-refractivity contribution in [1.82, 2.24) is 9.36 Å². The van der Waals surface area contributed by atoms with Gasteiger partial charge in [0, 0.05) is 12.7 Å². The summed E-state index contributed by atoms with van der Waals surface area (Å²) >= 11 is 1.20. The summed E-state index contributed by atoms with van der Waals surface area (Å²) < 4.78 is 3.22. The molecule has 7 nitrogen and oxygen atoms in total. The molecule has 2 aromatic carbocycles. The minimum atomic E-state index is -0.324. The minimum Gasteiger partial charge on any atom is -0.325 e. The van der Waals surface area contributed by atoms with Gasteiger partial charge in [-0.2, -0.15) is 0 Å². The SMILES string of the molecule is Cc1c(NC(=O)CSCC(=O)Nc2ccc(C(C)C)cc2)c(=O)n(-c2ccccc2)n1C. The molecule has 168 valence electrons. The molecule has 2 amide bonds. The molecule has 1 heterocycles. The third kappa shape index (κ3) is 5.50. The largest absolute Gasteiger partial charge is 0.325 e. The van der Waals surface area contributed by atoms with E-state index in [0.717, 1.165) is 11.4 Å². The highest BCUT2D eigenvalue weighted by Crippen LogP contribution is 2.18. The first-order valence-corrected chi connectivity index (χ1v) is 11.5. The monoisotopic (exact) mass is 452 g/mol. The van der Waals surface area contributed by atoms with Crippen LogP contribution in [-0.2, 0) is 16.6 Å². The van der Waals surface area contributed by atoms with Crippen LogP contribution in [0.2, 0.25) is 0 Å². The van der Waals surface area contributed by atoms with Crippen molar-refractivity contribution in [2.45, 2.75) is 26.7 Å². The Bertz CT molecular complexity index is 1150. The standard InChI is InChI=1S/C24H28N4O3S/c1-16(2)18-10-12-19(13-11-18)25-21(29)14-32-15-22(30)26-23-17(3)27(4)28(24(23)31)20-8-6-5-7-9-20/h5-13,16H,14-15H2,1-4H3,(H,25,29)(H,26,30). The van der Waals surface area contributed by atoms with E-state index in [1.54, 1.807) is 18.7 Å². The zero-order chi connectivity index (χ0) is 23.3. The molecular weight excluding hydrogens is 424 g/mol. The summed E-state index contributed by atoms with van der Waals surface area (Å²) in [4.78, 5) is 37.4. The van der Waals surface area contributed by atoms with Crippen LogP contribution in [0.25, 0.3) is 5.69 Å². The molecule has 3 rings (SSSR count). The molecule has 0 spiro atoms. The number of nitrogens with one attached hydrogen (secondary N) is 2. The van der Waals surface area contributed by atoms with E-state index in [2.05, 4.69) is 24.5 Å². The van der Waals surface area contributed by atoms with E-state index in [4.69, 9.17) is 0 Å². The number of carbonyl (C=O) groups is 2. The molecule has 0 bridgehead atoms. The van der Waals surface area contributed by atoms with Crippen LogP contribution in [0.4, 0.5) is 11.4 Å². The van der Waals surface area contributed by atoms with E-state index < -0.39 is 0 Å². The molecule has 1 aromatic heterocycles. The number of thioether (sulfide) groups is 1. The van der Waals surface area contributed by atoms with Crippen molar-refractivity contribution in [1.29, 1.82) is 0 Å². The Balaban J connectivity index is 1.54. The van der Waals surface area contributed by atoms with Crippen LogP contribution in [0.1, 0.15) is 31.0 Å². The molecule has 32 heavy (non-hydrogen) atoms. The molecular formula is C24H28N4O3S. The number of para-hydroxylation sites is 1. The van der Waals surface area contributed by atoms with Crippen LogP contribution in [0.3, 0.4) is 0 Å². The van der Waals surface area contributed by atoms with Crippen molar-refractivity contribution in [3.8, 4) is 5.69 Å². The summed E-state index contributed by atoms with van der Waals surface area (Å²) in [6, 6.07) is 17.0. The summed E-state index contributed by atoms with van der Waals surface area (Å²) in [5.74, 6) is 0.136. The van der Waals surface area contributed by atoms with Crippen LogP contribution in [0.15, 0.2) is 59.4 Å². The highest BCUT2D eigenvalue weighted by molar-refractivity contribution is 8.00. The fourth-order valence-corrected chi connectivity index (χ4v) is 3.89. The molecule has 0 saturated heterocycles. The average molecular weight is 453 g/mol. The van der Waals surface area contributed by atoms with Gasteiger partial charge < -0.3 is 10.6 Å². The highest BCUT2D eigenvalue weighted by Gasteiger charge is 2.18.